The van der Waals surface area contributed by atoms with Crippen LogP contribution in [0.25, 0.3) is 11.0 Å². The van der Waals surface area contributed by atoms with Gasteiger partial charge >= 0.3 is 0 Å². The minimum Gasteiger partial charge on any atom is -0.356 e. The van der Waals surface area contributed by atoms with Crippen molar-refractivity contribution in [2.75, 3.05) is 13.1 Å². The number of carbonyl (C=O) groups is 2. The van der Waals surface area contributed by atoms with E-state index in [9.17, 15) is 9.59 Å². The van der Waals surface area contributed by atoms with Gasteiger partial charge in [-0.2, -0.15) is 0 Å². The van der Waals surface area contributed by atoms with Gasteiger partial charge in [-0.25, -0.2) is 0 Å². The number of amides is 2. The first-order chi connectivity index (χ1) is 13.2. The molecule has 6 nitrogen and oxygen atoms in total. The lowest BCUT2D eigenvalue weighted by Gasteiger charge is -2.35. The van der Waals surface area contributed by atoms with Crippen molar-refractivity contribution < 1.29 is 14.1 Å². The summed E-state index contributed by atoms with van der Waals surface area (Å²) in [5, 5.41) is 8.02. The minimum atomic E-state index is -0.0360. The van der Waals surface area contributed by atoms with Crippen LogP contribution in [0.5, 0.6) is 0 Å². The highest BCUT2D eigenvalue weighted by molar-refractivity contribution is 5.86. The lowest BCUT2D eigenvalue weighted by atomic mass is 9.87. The highest BCUT2D eigenvalue weighted by Crippen LogP contribution is 2.26. The summed E-state index contributed by atoms with van der Waals surface area (Å²) in [6.45, 7) is 1.49. The molecule has 2 heterocycles. The number of para-hydroxylation sites is 1. The number of rotatable bonds is 4. The largest absolute Gasteiger partial charge is 0.356 e. The Morgan fingerprint density at radius 2 is 1.81 bits per heavy atom. The highest BCUT2D eigenvalue weighted by Gasteiger charge is 2.29. The van der Waals surface area contributed by atoms with E-state index in [-0.39, 0.29) is 24.3 Å². The van der Waals surface area contributed by atoms with E-state index in [1.54, 1.807) is 0 Å². The van der Waals surface area contributed by atoms with Gasteiger partial charge in [-0.3, -0.25) is 9.59 Å². The number of nitrogens with zero attached hydrogens (tertiary/aromatic N) is 2. The molecule has 4 rings (SSSR count). The molecule has 6 heteroatoms. The number of aromatic nitrogens is 1. The molecule has 0 bridgehead atoms. The lowest BCUT2D eigenvalue weighted by Crippen LogP contribution is -2.48. The molecule has 1 saturated heterocycles. The molecule has 27 heavy (non-hydrogen) atoms. The minimum absolute atomic E-state index is 0.0360. The van der Waals surface area contributed by atoms with Crippen molar-refractivity contribution >= 4 is 22.8 Å². The normalized spacial score (nSPS) is 19.3. The molecule has 2 fully saturated rings. The quantitative estimate of drug-likeness (QED) is 0.899. The third-order valence-corrected chi connectivity index (χ3v) is 5.91. The van der Waals surface area contributed by atoms with Gasteiger partial charge < -0.3 is 14.7 Å². The monoisotopic (exact) mass is 369 g/mol. The second-order valence-electron chi connectivity index (χ2n) is 7.80. The summed E-state index contributed by atoms with van der Waals surface area (Å²) < 4.78 is 5.26. The zero-order valence-electron chi connectivity index (χ0n) is 15.7. The summed E-state index contributed by atoms with van der Waals surface area (Å²) in [7, 11) is 0. The molecule has 1 aromatic carbocycles. The van der Waals surface area contributed by atoms with Gasteiger partial charge in [0.05, 0.1) is 6.42 Å². The summed E-state index contributed by atoms with van der Waals surface area (Å²) in [6.07, 6.45) is 7.58. The number of likely N-dealkylation sites (tertiary alicyclic amines) is 1. The van der Waals surface area contributed by atoms with Gasteiger partial charge in [-0.05, 0) is 37.8 Å². The summed E-state index contributed by atoms with van der Waals surface area (Å²) in [5.41, 5.74) is 1.38. The molecular formula is C21H27N3O3. The standard InChI is InChI=1S/C21H27N3O3/c25-20(14-18-17-8-4-5-9-19(17)27-23-18)22-16-10-12-24(13-11-16)21(26)15-6-2-1-3-7-15/h4-5,8-9,15-16H,1-3,6-7,10-14H2,(H,22,25). The first-order valence-electron chi connectivity index (χ1n) is 10.1. The zero-order chi connectivity index (χ0) is 18.6. The molecule has 0 unspecified atom stereocenters. The molecule has 1 aliphatic carbocycles. The van der Waals surface area contributed by atoms with Crippen LogP contribution in [0.1, 0.15) is 50.6 Å². The van der Waals surface area contributed by atoms with Crippen LogP contribution in [0.3, 0.4) is 0 Å². The molecule has 1 aromatic heterocycles. The fourth-order valence-corrected chi connectivity index (χ4v) is 4.35. The van der Waals surface area contributed by atoms with Gasteiger partial charge in [0.1, 0.15) is 5.69 Å². The SMILES string of the molecule is O=C(Cc1noc2ccccc12)NC1CCN(C(=O)C2CCCCC2)CC1. The van der Waals surface area contributed by atoms with Crippen LogP contribution in [0.4, 0.5) is 0 Å². The van der Waals surface area contributed by atoms with Crippen LogP contribution < -0.4 is 5.32 Å². The number of carbonyl (C=O) groups excluding carboxylic acids is 2. The number of hydrogen-bond acceptors (Lipinski definition) is 4. The summed E-state index contributed by atoms with van der Waals surface area (Å²) in [6, 6.07) is 7.71. The Bertz CT molecular complexity index is 802. The highest BCUT2D eigenvalue weighted by atomic mass is 16.5. The van der Waals surface area contributed by atoms with Gasteiger partial charge in [0, 0.05) is 30.4 Å². The molecule has 1 saturated carbocycles. The predicted octanol–water partition coefficient (Wildman–Crippen LogP) is 3.06. The van der Waals surface area contributed by atoms with Crippen molar-refractivity contribution in [3.63, 3.8) is 0 Å². The van der Waals surface area contributed by atoms with E-state index in [1.807, 2.05) is 29.2 Å². The van der Waals surface area contributed by atoms with E-state index < -0.39 is 0 Å². The smallest absolute Gasteiger partial charge is 0.226 e. The Balaban J connectivity index is 1.26. The number of hydrogen-bond donors (Lipinski definition) is 1. The van der Waals surface area contributed by atoms with Crippen LogP contribution in [0.15, 0.2) is 28.8 Å². The van der Waals surface area contributed by atoms with Gasteiger partial charge in [0.25, 0.3) is 0 Å². The number of benzene rings is 1. The van der Waals surface area contributed by atoms with Crippen LogP contribution in [0.2, 0.25) is 0 Å². The Hall–Kier alpha value is -2.37. The Morgan fingerprint density at radius 1 is 1.07 bits per heavy atom. The molecule has 0 radical (unpaired) electrons. The summed E-state index contributed by atoms with van der Waals surface area (Å²) in [4.78, 5) is 27.1. The van der Waals surface area contributed by atoms with Crippen molar-refractivity contribution in [2.24, 2.45) is 5.92 Å². The second-order valence-corrected chi connectivity index (χ2v) is 7.80. The maximum atomic E-state index is 12.6. The van der Waals surface area contributed by atoms with Crippen LogP contribution in [-0.4, -0.2) is 41.0 Å². The van der Waals surface area contributed by atoms with Crippen LogP contribution in [0, 0.1) is 5.92 Å². The molecule has 2 amide bonds. The van der Waals surface area contributed by atoms with Crippen molar-refractivity contribution in [3.05, 3.63) is 30.0 Å². The number of piperidine rings is 1. The first kappa shape index (κ1) is 18.0. The van der Waals surface area contributed by atoms with Crippen molar-refractivity contribution in [3.8, 4) is 0 Å². The van der Waals surface area contributed by atoms with Crippen LogP contribution in [-0.2, 0) is 16.0 Å². The average molecular weight is 369 g/mol. The lowest BCUT2D eigenvalue weighted by molar-refractivity contribution is -0.137. The molecule has 0 atom stereocenters. The van der Waals surface area contributed by atoms with Gasteiger partial charge in [0.15, 0.2) is 5.58 Å². The molecule has 2 aromatic rings. The molecule has 1 aliphatic heterocycles. The topological polar surface area (TPSA) is 75.4 Å². The van der Waals surface area contributed by atoms with E-state index in [4.69, 9.17) is 4.52 Å². The third-order valence-electron chi connectivity index (χ3n) is 5.91. The molecule has 0 spiro atoms. The van der Waals surface area contributed by atoms with E-state index in [2.05, 4.69) is 10.5 Å². The van der Waals surface area contributed by atoms with E-state index in [1.165, 1.54) is 19.3 Å². The van der Waals surface area contributed by atoms with E-state index >= 15 is 0 Å². The third kappa shape index (κ3) is 4.15. The Morgan fingerprint density at radius 3 is 2.59 bits per heavy atom. The van der Waals surface area contributed by atoms with Gasteiger partial charge in [0.2, 0.25) is 11.8 Å². The first-order valence-corrected chi connectivity index (χ1v) is 10.1. The van der Waals surface area contributed by atoms with Crippen molar-refractivity contribution in [1.29, 1.82) is 0 Å². The molecule has 144 valence electrons. The van der Waals surface area contributed by atoms with E-state index in [0.29, 0.717) is 17.2 Å². The van der Waals surface area contributed by atoms with Crippen LogP contribution >= 0.6 is 0 Å². The Labute approximate surface area is 159 Å². The average Bonchev–Trinajstić information content (AvgIpc) is 3.11. The maximum absolute atomic E-state index is 12.6. The van der Waals surface area contributed by atoms with Crippen molar-refractivity contribution in [2.45, 2.75) is 57.4 Å². The zero-order valence-corrected chi connectivity index (χ0v) is 15.7. The van der Waals surface area contributed by atoms with E-state index in [0.717, 1.165) is 44.2 Å². The fourth-order valence-electron chi connectivity index (χ4n) is 4.35. The second kappa shape index (κ2) is 8.11. The maximum Gasteiger partial charge on any atom is 0.226 e. The molecule has 2 aliphatic rings. The number of nitrogens with one attached hydrogen (secondary N) is 1. The summed E-state index contributed by atoms with van der Waals surface area (Å²) in [5.74, 6) is 0.519. The summed E-state index contributed by atoms with van der Waals surface area (Å²) >= 11 is 0. The van der Waals surface area contributed by atoms with Gasteiger partial charge in [-0.15, -0.1) is 0 Å². The molecular weight excluding hydrogens is 342 g/mol. The predicted molar refractivity (Wildman–Crippen MR) is 102 cm³/mol. The fraction of sp³-hybridized carbons (Fsp3) is 0.571. The van der Waals surface area contributed by atoms with Gasteiger partial charge in [-0.1, -0.05) is 36.6 Å². The Kier molecular flexibility index (Phi) is 5.41. The van der Waals surface area contributed by atoms with Crippen molar-refractivity contribution in [1.82, 2.24) is 15.4 Å². The molecule has 1 N–H and O–H groups in total. The number of fused-ring (bicyclic) bond motifs is 1.